The Morgan fingerprint density at radius 1 is 0.384 bits per heavy atom. The maximum Gasteiger partial charge on any atom is 0.416 e. The Morgan fingerprint density at radius 2 is 0.644 bits per heavy atom. The van der Waals surface area contributed by atoms with E-state index >= 15 is 0 Å². The van der Waals surface area contributed by atoms with Crippen LogP contribution in [0.5, 0.6) is 5.88 Å². The van der Waals surface area contributed by atoms with E-state index in [1.165, 1.54) is 6.20 Å². The lowest BCUT2D eigenvalue weighted by atomic mass is 9.12. The summed E-state index contributed by atoms with van der Waals surface area (Å²) in [7, 11) is 0. The van der Waals surface area contributed by atoms with Crippen molar-refractivity contribution in [2.24, 2.45) is 0 Å². The number of rotatable bonds is 8. The smallest absolute Gasteiger partial charge is 0.411 e. The molecule has 0 saturated carbocycles. The van der Waals surface area contributed by atoms with Crippen LogP contribution in [-0.4, -0.2) is 18.0 Å². The van der Waals surface area contributed by atoms with E-state index in [0.717, 1.165) is 5.56 Å². The minimum absolute atomic E-state index is 0.425. The molecule has 0 saturated heterocycles. The fraction of sp³-hybridized carbons (Fsp3) is 0.227. The maximum absolute atomic E-state index is 14.2. The van der Waals surface area contributed by atoms with Gasteiger partial charge in [0.15, 0.2) is 12.7 Å². The molecular formula is C44H24BF25N2O. The van der Waals surface area contributed by atoms with Crippen LogP contribution in [0.15, 0.2) is 122 Å². The average Bonchev–Trinajstić information content (AvgIpc) is 3.25. The molecule has 0 N–H and O–H groups in total. The fourth-order valence-electron chi connectivity index (χ4n) is 7.53. The number of hydrogen-bond donors (Lipinski definition) is 0. The van der Waals surface area contributed by atoms with Crippen LogP contribution in [0.2, 0.25) is 0 Å². The van der Waals surface area contributed by atoms with Crippen molar-refractivity contribution >= 4 is 28.0 Å². The minimum atomic E-state index is -6.13. The zero-order valence-electron chi connectivity index (χ0n) is 35.3. The molecule has 0 radical (unpaired) electrons. The molecule has 394 valence electrons. The third-order valence-electron chi connectivity index (χ3n) is 10.6. The summed E-state index contributed by atoms with van der Waals surface area (Å²) in [4.78, 5) is 3.89. The number of hydrogen-bond acceptors (Lipinski definition) is 2. The Balaban J connectivity index is 0.000000520. The predicted octanol–water partition coefficient (Wildman–Crippen LogP) is 12.9. The van der Waals surface area contributed by atoms with Gasteiger partial charge in [-0.25, -0.2) is 9.37 Å². The number of nitrogens with zero attached hydrogens (tertiary/aromatic N) is 2. The van der Waals surface area contributed by atoms with Gasteiger partial charge < -0.3 is 4.74 Å². The number of ether oxygens (including phenoxy) is 1. The second kappa shape index (κ2) is 20.0. The molecule has 73 heavy (non-hydrogen) atoms. The molecule has 6 aromatic rings. The van der Waals surface area contributed by atoms with Crippen molar-refractivity contribution in [3.05, 3.63) is 172 Å². The van der Waals surface area contributed by atoms with Crippen molar-refractivity contribution in [2.45, 2.75) is 56.0 Å². The standard InChI is InChI=1S/C32H12BF24.C12H12FN2O/c34-25(35,36)13-1-14(26(37,38)39)6-21(5-13)33(22-7-15(27(40,41)42)2-16(8-22)28(43,44)45,23-9-17(29(46,47)48)3-18(10-23)30(49,50)51)24-11-19(31(52,53)54)4-20(12-24)32(55,56)57;13-10-16-12-8-14-6-7-15(12)9-11-4-2-1-3-5-11/h1-12H;1-8H,9-10H2/q-1;+1. The fourth-order valence-corrected chi connectivity index (χ4v) is 7.53. The number of alkyl halides is 25. The first-order valence-electron chi connectivity index (χ1n) is 19.6. The first-order chi connectivity index (χ1) is 33.2. The van der Waals surface area contributed by atoms with Crippen molar-refractivity contribution in [3.8, 4) is 5.88 Å². The second-order valence-corrected chi connectivity index (χ2v) is 15.5. The van der Waals surface area contributed by atoms with Gasteiger partial charge in [0.1, 0.15) is 12.3 Å². The van der Waals surface area contributed by atoms with Gasteiger partial charge in [0, 0.05) is 5.56 Å². The van der Waals surface area contributed by atoms with Crippen LogP contribution in [0.1, 0.15) is 50.1 Å². The van der Waals surface area contributed by atoms with Crippen LogP contribution in [0.25, 0.3) is 0 Å². The Labute approximate surface area is 392 Å². The predicted molar refractivity (Wildman–Crippen MR) is 207 cm³/mol. The Morgan fingerprint density at radius 3 is 0.877 bits per heavy atom. The van der Waals surface area contributed by atoms with Gasteiger partial charge in [-0.05, 0) is 24.3 Å². The quantitative estimate of drug-likeness (QED) is 0.0862. The molecule has 0 fully saturated rings. The summed E-state index contributed by atoms with van der Waals surface area (Å²) < 4.78 is 360. The Hall–Kier alpha value is -6.71. The maximum atomic E-state index is 14.2. The highest BCUT2D eigenvalue weighted by atomic mass is 19.4. The van der Waals surface area contributed by atoms with Crippen LogP contribution in [0.4, 0.5) is 110 Å². The van der Waals surface area contributed by atoms with Crippen LogP contribution >= 0.6 is 0 Å². The zero-order valence-corrected chi connectivity index (χ0v) is 35.3. The molecule has 0 unspecified atom stereocenters. The number of benzene rings is 5. The van der Waals surface area contributed by atoms with E-state index in [0.29, 0.717) is 12.4 Å². The van der Waals surface area contributed by atoms with E-state index in [1.54, 1.807) is 12.4 Å². The van der Waals surface area contributed by atoms with Crippen molar-refractivity contribution in [2.75, 3.05) is 6.86 Å². The minimum Gasteiger partial charge on any atom is -0.411 e. The molecule has 0 amide bonds. The van der Waals surface area contributed by atoms with Gasteiger partial charge in [-0.15, -0.1) is 0 Å². The van der Waals surface area contributed by atoms with E-state index in [9.17, 15) is 110 Å². The molecule has 5 aromatic carbocycles. The van der Waals surface area contributed by atoms with Gasteiger partial charge >= 0.3 is 55.3 Å². The van der Waals surface area contributed by atoms with Crippen molar-refractivity contribution < 1.29 is 119 Å². The van der Waals surface area contributed by atoms with E-state index < -0.39 is 202 Å². The number of halogens is 25. The zero-order chi connectivity index (χ0) is 55.1. The largest absolute Gasteiger partial charge is 0.416 e. The van der Waals surface area contributed by atoms with Crippen molar-refractivity contribution in [1.82, 2.24) is 4.98 Å². The molecule has 1 aromatic heterocycles. The summed E-state index contributed by atoms with van der Waals surface area (Å²) in [6.45, 7) is -0.209. The van der Waals surface area contributed by atoms with E-state index in [1.807, 2.05) is 34.9 Å². The summed E-state index contributed by atoms with van der Waals surface area (Å²) in [6, 6.07) is 1.09. The van der Waals surface area contributed by atoms with Crippen molar-refractivity contribution in [1.29, 1.82) is 0 Å². The molecule has 29 heteroatoms. The normalized spacial score (nSPS) is 13.4. The molecule has 1 heterocycles. The molecule has 6 rings (SSSR count). The van der Waals surface area contributed by atoms with Gasteiger partial charge in [-0.3, -0.25) is 0 Å². The first kappa shape index (κ1) is 57.2. The molecule has 0 atom stereocenters. The summed E-state index contributed by atoms with van der Waals surface area (Å²) >= 11 is 0. The van der Waals surface area contributed by atoms with E-state index in [-0.39, 0.29) is 0 Å². The average molecular weight is 1080 g/mol. The monoisotopic (exact) mass is 1080 g/mol. The van der Waals surface area contributed by atoms with Crippen LogP contribution in [0, 0.1) is 0 Å². The van der Waals surface area contributed by atoms with Gasteiger partial charge in [0.25, 0.3) is 0 Å². The molecule has 3 nitrogen and oxygen atoms in total. The second-order valence-electron chi connectivity index (χ2n) is 15.5. The highest BCUT2D eigenvalue weighted by molar-refractivity contribution is 7.20. The lowest BCUT2D eigenvalue weighted by Crippen LogP contribution is -2.75. The van der Waals surface area contributed by atoms with Gasteiger partial charge in [-0.1, -0.05) is 78.9 Å². The topological polar surface area (TPSA) is 26.0 Å². The molecular weight excluding hydrogens is 1060 g/mol. The third kappa shape index (κ3) is 13.5. The summed E-state index contributed by atoms with van der Waals surface area (Å²) in [5.41, 5.74) is -29.1. The highest BCUT2D eigenvalue weighted by Crippen LogP contribution is 2.41. The lowest BCUT2D eigenvalue weighted by Gasteiger charge is -2.46. The Bertz CT molecular complexity index is 2460. The van der Waals surface area contributed by atoms with Crippen LogP contribution in [-0.2, 0) is 56.0 Å². The summed E-state index contributed by atoms with van der Waals surface area (Å²) in [5, 5.41) is 0. The molecule has 0 aliphatic carbocycles. The summed E-state index contributed by atoms with van der Waals surface area (Å²) in [6.07, 6.45) is -49.9. The number of aromatic nitrogens is 2. The van der Waals surface area contributed by atoms with E-state index in [2.05, 4.69) is 4.98 Å². The highest BCUT2D eigenvalue weighted by Gasteiger charge is 2.47. The summed E-state index contributed by atoms with van der Waals surface area (Å²) in [5.74, 6) is 0.425. The molecule has 0 aliphatic rings. The SMILES string of the molecule is FC(F)(F)c1cc([B-](c2cc(C(F)(F)F)cc(C(F)(F)F)c2)(c2cc(C(F)(F)F)cc(C(F)(F)F)c2)c2cc(C(F)(F)F)cc(C(F)(F)F)c2)cc(C(F)(F)F)c1.FCOc1cncc[n+]1Cc1ccccc1. The van der Waals surface area contributed by atoms with E-state index in [4.69, 9.17) is 4.74 Å². The van der Waals surface area contributed by atoms with Crippen LogP contribution < -0.4 is 31.2 Å². The van der Waals surface area contributed by atoms with Crippen LogP contribution in [0.3, 0.4) is 0 Å². The molecule has 0 bridgehead atoms. The Kier molecular flexibility index (Phi) is 15.6. The first-order valence-corrected chi connectivity index (χ1v) is 19.6. The van der Waals surface area contributed by atoms with Crippen molar-refractivity contribution in [3.63, 3.8) is 0 Å². The van der Waals surface area contributed by atoms with Gasteiger partial charge in [0.05, 0.1) is 50.7 Å². The van der Waals surface area contributed by atoms with Gasteiger partial charge in [-0.2, -0.15) is 132 Å². The molecule has 0 spiro atoms. The lowest BCUT2D eigenvalue weighted by molar-refractivity contribution is -0.694. The third-order valence-corrected chi connectivity index (χ3v) is 10.6. The molecule has 0 aliphatic heterocycles. The van der Waals surface area contributed by atoms with Gasteiger partial charge in [0.2, 0.25) is 6.86 Å².